The minimum absolute atomic E-state index is 0.259. The highest BCUT2D eigenvalue weighted by Gasteiger charge is 2.15. The maximum atomic E-state index is 5.98. The highest BCUT2D eigenvalue weighted by Crippen LogP contribution is 2.18. The highest BCUT2D eigenvalue weighted by molar-refractivity contribution is 7.99. The summed E-state index contributed by atoms with van der Waals surface area (Å²) in [6.07, 6.45) is 5.75. The minimum atomic E-state index is 0.259. The normalized spacial score (nSPS) is 17.3. The molecule has 1 aromatic heterocycles. The zero-order chi connectivity index (χ0) is 13.7. The molecule has 5 nitrogen and oxygen atoms in total. The van der Waals surface area contributed by atoms with Gasteiger partial charge in [-0.1, -0.05) is 6.92 Å². The molecule has 0 bridgehead atoms. The van der Waals surface area contributed by atoms with Crippen molar-refractivity contribution in [3.63, 3.8) is 0 Å². The molecule has 106 valence electrons. The molecule has 0 amide bonds. The van der Waals surface area contributed by atoms with Gasteiger partial charge in [-0.3, -0.25) is 0 Å². The van der Waals surface area contributed by atoms with E-state index < -0.39 is 0 Å². The summed E-state index contributed by atoms with van der Waals surface area (Å²) >= 11 is 7.79. The molecule has 1 fully saturated rings. The van der Waals surface area contributed by atoms with Crippen LogP contribution in [0.2, 0.25) is 5.28 Å². The van der Waals surface area contributed by atoms with Crippen LogP contribution in [0.4, 0.5) is 11.9 Å². The first-order valence-electron chi connectivity index (χ1n) is 6.62. The van der Waals surface area contributed by atoms with Crippen molar-refractivity contribution >= 4 is 35.3 Å². The Morgan fingerprint density at radius 1 is 1.26 bits per heavy atom. The molecular formula is C12H20ClN5S. The first-order chi connectivity index (χ1) is 9.19. The van der Waals surface area contributed by atoms with Crippen LogP contribution in [-0.4, -0.2) is 46.1 Å². The van der Waals surface area contributed by atoms with Crippen molar-refractivity contribution in [3.05, 3.63) is 5.28 Å². The third-order valence-corrected chi connectivity index (χ3v) is 4.33. The van der Waals surface area contributed by atoms with E-state index in [-0.39, 0.29) is 5.28 Å². The van der Waals surface area contributed by atoms with Crippen molar-refractivity contribution in [1.29, 1.82) is 0 Å². The van der Waals surface area contributed by atoms with Crippen LogP contribution in [0.15, 0.2) is 0 Å². The van der Waals surface area contributed by atoms with Gasteiger partial charge in [0, 0.05) is 24.9 Å². The molecule has 0 radical (unpaired) electrons. The third kappa shape index (κ3) is 4.38. The number of aromatic nitrogens is 3. The summed E-state index contributed by atoms with van der Waals surface area (Å²) in [6.45, 7) is 4.98. The number of rotatable bonds is 5. The van der Waals surface area contributed by atoms with Gasteiger partial charge in [0.15, 0.2) is 0 Å². The Morgan fingerprint density at radius 3 is 2.68 bits per heavy atom. The Morgan fingerprint density at radius 2 is 2.00 bits per heavy atom. The lowest BCUT2D eigenvalue weighted by molar-refractivity contribution is 0.567. The summed E-state index contributed by atoms with van der Waals surface area (Å²) in [5.41, 5.74) is 0. The summed E-state index contributed by atoms with van der Waals surface area (Å²) in [4.78, 5) is 15.0. The predicted octanol–water partition coefficient (Wildman–Crippen LogP) is 2.68. The number of anilines is 2. The number of nitrogens with zero attached hydrogens (tertiary/aromatic N) is 4. The summed E-state index contributed by atoms with van der Waals surface area (Å²) in [5.74, 6) is 1.26. The number of nitrogens with one attached hydrogen (secondary N) is 1. The van der Waals surface area contributed by atoms with Crippen LogP contribution in [0.25, 0.3) is 0 Å². The number of thioether (sulfide) groups is 1. The average Bonchev–Trinajstić information content (AvgIpc) is 2.45. The summed E-state index contributed by atoms with van der Waals surface area (Å²) in [7, 11) is 0. The van der Waals surface area contributed by atoms with Gasteiger partial charge in [0.25, 0.3) is 0 Å². The van der Waals surface area contributed by atoms with Crippen LogP contribution in [0.3, 0.4) is 0 Å². The molecule has 1 aromatic rings. The van der Waals surface area contributed by atoms with Gasteiger partial charge in [-0.05, 0) is 37.1 Å². The summed E-state index contributed by atoms with van der Waals surface area (Å²) in [5, 5.41) is 3.99. The second-order valence-electron chi connectivity index (χ2n) is 4.70. The lowest BCUT2D eigenvalue weighted by Gasteiger charge is -2.26. The van der Waals surface area contributed by atoms with E-state index in [1.165, 1.54) is 19.3 Å². The van der Waals surface area contributed by atoms with E-state index in [2.05, 4.69) is 38.3 Å². The molecule has 2 heterocycles. The topological polar surface area (TPSA) is 53.9 Å². The fourth-order valence-electron chi connectivity index (χ4n) is 1.97. The van der Waals surface area contributed by atoms with Crippen LogP contribution in [-0.2, 0) is 0 Å². The predicted molar refractivity (Wildman–Crippen MR) is 82.4 cm³/mol. The lowest BCUT2D eigenvalue weighted by atomic mass is 10.1. The van der Waals surface area contributed by atoms with Crippen molar-refractivity contribution < 1.29 is 0 Å². The van der Waals surface area contributed by atoms with Crippen LogP contribution in [0.1, 0.15) is 26.2 Å². The summed E-state index contributed by atoms with van der Waals surface area (Å²) in [6, 6.07) is 0. The Balaban J connectivity index is 2.05. The number of halogens is 1. The van der Waals surface area contributed by atoms with Crippen molar-refractivity contribution in [2.45, 2.75) is 31.4 Å². The molecule has 19 heavy (non-hydrogen) atoms. The molecule has 1 aliphatic heterocycles. The van der Waals surface area contributed by atoms with E-state index in [1.54, 1.807) is 11.8 Å². The van der Waals surface area contributed by atoms with Crippen LogP contribution in [0, 0.1) is 0 Å². The van der Waals surface area contributed by atoms with E-state index in [4.69, 9.17) is 11.6 Å². The molecule has 1 unspecified atom stereocenters. The average molecular weight is 302 g/mol. The van der Waals surface area contributed by atoms with Crippen molar-refractivity contribution in [2.75, 3.05) is 36.1 Å². The standard InChI is InChI=1S/C12H20ClN5S/c1-9(19-2)8-14-11-15-10(13)16-12(17-11)18-6-4-3-5-7-18/h9H,3-8H2,1-2H3,(H,14,15,16,17). The van der Waals surface area contributed by atoms with Gasteiger partial charge in [-0.2, -0.15) is 26.7 Å². The van der Waals surface area contributed by atoms with Gasteiger partial charge in [-0.25, -0.2) is 0 Å². The SMILES string of the molecule is CSC(C)CNc1nc(Cl)nc(N2CCCCC2)n1. The molecule has 2 rings (SSSR count). The van der Waals surface area contributed by atoms with E-state index in [0.717, 1.165) is 19.6 Å². The van der Waals surface area contributed by atoms with E-state index in [0.29, 0.717) is 17.1 Å². The maximum absolute atomic E-state index is 5.98. The molecule has 0 aromatic carbocycles. The van der Waals surface area contributed by atoms with Crippen molar-refractivity contribution in [1.82, 2.24) is 15.0 Å². The van der Waals surface area contributed by atoms with E-state index in [9.17, 15) is 0 Å². The van der Waals surface area contributed by atoms with Crippen LogP contribution in [0.5, 0.6) is 0 Å². The van der Waals surface area contributed by atoms with Crippen molar-refractivity contribution in [2.24, 2.45) is 0 Å². The monoisotopic (exact) mass is 301 g/mol. The first-order valence-corrected chi connectivity index (χ1v) is 8.29. The largest absolute Gasteiger partial charge is 0.353 e. The van der Waals surface area contributed by atoms with Gasteiger partial charge >= 0.3 is 0 Å². The summed E-state index contributed by atoms with van der Waals surface area (Å²) < 4.78 is 0. The molecular weight excluding hydrogens is 282 g/mol. The molecule has 0 spiro atoms. The van der Waals surface area contributed by atoms with Gasteiger partial charge in [0.2, 0.25) is 17.2 Å². The van der Waals surface area contributed by atoms with Gasteiger partial charge < -0.3 is 10.2 Å². The van der Waals surface area contributed by atoms with Gasteiger partial charge in [0.05, 0.1) is 0 Å². The Labute approximate surface area is 123 Å². The highest BCUT2D eigenvalue weighted by atomic mass is 35.5. The third-order valence-electron chi connectivity index (χ3n) is 3.19. The van der Waals surface area contributed by atoms with E-state index in [1.807, 2.05) is 0 Å². The molecule has 1 N–H and O–H groups in total. The van der Waals surface area contributed by atoms with Crippen LogP contribution < -0.4 is 10.2 Å². The number of piperidine rings is 1. The quantitative estimate of drug-likeness (QED) is 0.902. The Hall–Kier alpha value is -0.750. The Kier molecular flexibility index (Phi) is 5.51. The molecule has 0 aliphatic carbocycles. The second kappa shape index (κ2) is 7.14. The number of hydrogen-bond donors (Lipinski definition) is 1. The fourth-order valence-corrected chi connectivity index (χ4v) is 2.38. The van der Waals surface area contributed by atoms with E-state index >= 15 is 0 Å². The zero-order valence-electron chi connectivity index (χ0n) is 11.4. The Bertz CT molecular complexity index is 411. The zero-order valence-corrected chi connectivity index (χ0v) is 13.0. The molecule has 1 saturated heterocycles. The van der Waals surface area contributed by atoms with Crippen LogP contribution >= 0.6 is 23.4 Å². The van der Waals surface area contributed by atoms with Gasteiger partial charge in [-0.15, -0.1) is 0 Å². The van der Waals surface area contributed by atoms with Gasteiger partial charge in [0.1, 0.15) is 0 Å². The first kappa shape index (κ1) is 14.7. The lowest BCUT2D eigenvalue weighted by Crippen LogP contribution is -2.31. The molecule has 1 atom stereocenters. The number of hydrogen-bond acceptors (Lipinski definition) is 6. The molecule has 7 heteroatoms. The smallest absolute Gasteiger partial charge is 0.231 e. The molecule has 1 aliphatic rings. The molecule has 0 saturated carbocycles. The van der Waals surface area contributed by atoms with Crippen molar-refractivity contribution in [3.8, 4) is 0 Å². The second-order valence-corrected chi connectivity index (χ2v) is 6.32. The minimum Gasteiger partial charge on any atom is -0.353 e. The fraction of sp³-hybridized carbons (Fsp3) is 0.750. The maximum Gasteiger partial charge on any atom is 0.231 e.